The molecule has 0 aliphatic heterocycles. The van der Waals surface area contributed by atoms with E-state index in [0.29, 0.717) is 5.56 Å². The highest BCUT2D eigenvalue weighted by Gasteiger charge is 2.04. The fourth-order valence-electron chi connectivity index (χ4n) is 1.11. The molecule has 0 fully saturated rings. The first-order valence-corrected chi connectivity index (χ1v) is 6.24. The molecular weight excluding hydrogens is 228 g/mol. The number of hydrogen-bond acceptors (Lipinski definition) is 4. The number of hydrazine groups is 1. The molecular formula is C10H14N2O3S. The SMILES string of the molecule is CC=CS(=O)(=O)NNCc1ccccc1O. The quantitative estimate of drug-likeness (QED) is 0.669. The average molecular weight is 242 g/mol. The lowest BCUT2D eigenvalue weighted by Crippen LogP contribution is -2.35. The van der Waals surface area contributed by atoms with Gasteiger partial charge in [-0.3, -0.25) is 0 Å². The molecule has 5 nitrogen and oxygen atoms in total. The molecule has 0 radical (unpaired) electrons. The zero-order valence-corrected chi connectivity index (χ0v) is 9.66. The molecule has 16 heavy (non-hydrogen) atoms. The van der Waals surface area contributed by atoms with E-state index in [0.717, 1.165) is 5.41 Å². The summed E-state index contributed by atoms with van der Waals surface area (Å²) in [5, 5.41) is 10.5. The first-order valence-electron chi connectivity index (χ1n) is 4.69. The molecule has 0 spiro atoms. The van der Waals surface area contributed by atoms with E-state index in [1.165, 1.54) is 12.1 Å². The zero-order valence-electron chi connectivity index (χ0n) is 8.84. The maximum atomic E-state index is 11.2. The van der Waals surface area contributed by atoms with E-state index in [1.54, 1.807) is 25.1 Å². The van der Waals surface area contributed by atoms with Gasteiger partial charge < -0.3 is 5.11 Å². The molecule has 6 heteroatoms. The highest BCUT2D eigenvalue weighted by Crippen LogP contribution is 2.14. The Balaban J connectivity index is 2.51. The minimum absolute atomic E-state index is 0.125. The first kappa shape index (κ1) is 12.7. The fraction of sp³-hybridized carbons (Fsp3) is 0.200. The average Bonchev–Trinajstić information content (AvgIpc) is 2.20. The second-order valence-electron chi connectivity index (χ2n) is 3.10. The van der Waals surface area contributed by atoms with Gasteiger partial charge in [0.2, 0.25) is 10.0 Å². The topological polar surface area (TPSA) is 78.4 Å². The number of sulfonamides is 1. The summed E-state index contributed by atoms with van der Waals surface area (Å²) < 4.78 is 22.4. The minimum Gasteiger partial charge on any atom is -0.508 e. The summed E-state index contributed by atoms with van der Waals surface area (Å²) in [6, 6.07) is 6.70. The Bertz CT molecular complexity index is 469. The molecule has 0 saturated carbocycles. The molecule has 3 N–H and O–H groups in total. The standard InChI is InChI=1S/C10H14N2O3S/c1-2-7-16(14,15)12-11-8-9-5-3-4-6-10(9)13/h2-7,11-13H,8H2,1H3. The van der Waals surface area contributed by atoms with Crippen LogP contribution in [0.5, 0.6) is 5.75 Å². The zero-order chi connectivity index (χ0) is 12.0. The largest absolute Gasteiger partial charge is 0.508 e. The number of aromatic hydroxyl groups is 1. The van der Waals surface area contributed by atoms with Gasteiger partial charge in [0.25, 0.3) is 0 Å². The lowest BCUT2D eigenvalue weighted by atomic mass is 10.2. The molecule has 0 amide bonds. The summed E-state index contributed by atoms with van der Waals surface area (Å²) in [6.45, 7) is 1.83. The van der Waals surface area contributed by atoms with E-state index in [4.69, 9.17) is 0 Å². The van der Waals surface area contributed by atoms with E-state index < -0.39 is 10.0 Å². The lowest BCUT2D eigenvalue weighted by molar-refractivity contribution is 0.462. The predicted octanol–water partition coefficient (Wildman–Crippen LogP) is 0.850. The van der Waals surface area contributed by atoms with Crippen LogP contribution in [-0.2, 0) is 16.6 Å². The summed E-state index contributed by atoms with van der Waals surface area (Å²) in [5.41, 5.74) is 3.13. The number of allylic oxidation sites excluding steroid dienone is 1. The molecule has 0 aliphatic carbocycles. The van der Waals surface area contributed by atoms with Crippen LogP contribution in [0, 0.1) is 0 Å². The first-order chi connectivity index (χ1) is 7.55. The van der Waals surface area contributed by atoms with Crippen molar-refractivity contribution >= 4 is 10.0 Å². The van der Waals surface area contributed by atoms with Gasteiger partial charge >= 0.3 is 0 Å². The number of phenolic OH excluding ortho intramolecular Hbond substituents is 1. The van der Waals surface area contributed by atoms with E-state index >= 15 is 0 Å². The van der Waals surface area contributed by atoms with Crippen LogP contribution in [0.3, 0.4) is 0 Å². The highest BCUT2D eigenvalue weighted by atomic mass is 32.2. The Morgan fingerprint density at radius 2 is 2.06 bits per heavy atom. The summed E-state index contributed by atoms with van der Waals surface area (Å²) >= 11 is 0. The normalized spacial score (nSPS) is 12.1. The second kappa shape index (κ2) is 5.64. The maximum absolute atomic E-state index is 11.2. The number of hydrogen-bond donors (Lipinski definition) is 3. The van der Waals surface area contributed by atoms with Gasteiger partial charge in [-0.05, 0) is 13.0 Å². The molecule has 0 heterocycles. The third kappa shape index (κ3) is 4.01. The molecule has 0 aliphatic rings. The van der Waals surface area contributed by atoms with Crippen molar-refractivity contribution < 1.29 is 13.5 Å². The maximum Gasteiger partial charge on any atom is 0.246 e. The van der Waals surface area contributed by atoms with E-state index in [2.05, 4.69) is 10.3 Å². The number of phenols is 1. The number of para-hydroxylation sites is 1. The molecule has 0 bridgehead atoms. The minimum atomic E-state index is -3.44. The summed E-state index contributed by atoms with van der Waals surface area (Å²) in [4.78, 5) is 2.16. The smallest absolute Gasteiger partial charge is 0.246 e. The van der Waals surface area contributed by atoms with Gasteiger partial charge in [0.15, 0.2) is 0 Å². The van der Waals surface area contributed by atoms with Gasteiger partial charge in [0.05, 0.1) is 0 Å². The molecule has 1 rings (SSSR count). The van der Waals surface area contributed by atoms with E-state index in [1.807, 2.05) is 0 Å². The van der Waals surface area contributed by atoms with Crippen LogP contribution in [0.15, 0.2) is 35.7 Å². The molecule has 0 saturated heterocycles. The van der Waals surface area contributed by atoms with Crippen molar-refractivity contribution in [2.75, 3.05) is 0 Å². The van der Waals surface area contributed by atoms with Gasteiger partial charge in [0.1, 0.15) is 5.75 Å². The van der Waals surface area contributed by atoms with Crippen LogP contribution in [-0.4, -0.2) is 13.5 Å². The van der Waals surface area contributed by atoms with E-state index in [-0.39, 0.29) is 12.3 Å². The molecule has 88 valence electrons. The predicted molar refractivity (Wildman–Crippen MR) is 61.8 cm³/mol. The molecule has 0 atom stereocenters. The van der Waals surface area contributed by atoms with Gasteiger partial charge in [0, 0.05) is 17.5 Å². The molecule has 0 aromatic heterocycles. The Hall–Kier alpha value is -1.37. The van der Waals surface area contributed by atoms with E-state index in [9.17, 15) is 13.5 Å². The Labute approximate surface area is 94.8 Å². The second-order valence-corrected chi connectivity index (χ2v) is 4.67. The third-order valence-electron chi connectivity index (χ3n) is 1.80. The Kier molecular flexibility index (Phi) is 4.48. The van der Waals surface area contributed by atoms with Gasteiger partial charge in [-0.15, -0.1) is 4.83 Å². The van der Waals surface area contributed by atoms with Crippen LogP contribution in [0.4, 0.5) is 0 Å². The van der Waals surface area contributed by atoms with Crippen molar-refractivity contribution in [3.8, 4) is 5.75 Å². The Morgan fingerprint density at radius 1 is 1.38 bits per heavy atom. The highest BCUT2D eigenvalue weighted by molar-refractivity contribution is 7.92. The monoisotopic (exact) mass is 242 g/mol. The number of benzene rings is 1. The van der Waals surface area contributed by atoms with Crippen LogP contribution < -0.4 is 10.3 Å². The summed E-state index contributed by atoms with van der Waals surface area (Å²) in [6.07, 6.45) is 1.42. The number of rotatable bonds is 5. The van der Waals surface area contributed by atoms with Crippen LogP contribution in [0.2, 0.25) is 0 Å². The van der Waals surface area contributed by atoms with Crippen molar-refractivity contribution in [1.29, 1.82) is 0 Å². The fourth-order valence-corrected chi connectivity index (χ4v) is 1.81. The van der Waals surface area contributed by atoms with Crippen LogP contribution in [0.1, 0.15) is 12.5 Å². The summed E-state index contributed by atoms with van der Waals surface area (Å²) in [5.74, 6) is 0.125. The number of nitrogens with one attached hydrogen (secondary N) is 2. The Morgan fingerprint density at radius 3 is 2.69 bits per heavy atom. The van der Waals surface area contributed by atoms with Crippen molar-refractivity contribution in [2.45, 2.75) is 13.5 Å². The lowest BCUT2D eigenvalue weighted by Gasteiger charge is -2.06. The molecule has 1 aromatic rings. The summed E-state index contributed by atoms with van der Waals surface area (Å²) in [7, 11) is -3.44. The molecule has 1 aromatic carbocycles. The van der Waals surface area contributed by atoms with Crippen molar-refractivity contribution in [3.05, 3.63) is 41.3 Å². The third-order valence-corrected chi connectivity index (χ3v) is 2.86. The van der Waals surface area contributed by atoms with Gasteiger partial charge in [-0.25, -0.2) is 13.8 Å². The van der Waals surface area contributed by atoms with Crippen molar-refractivity contribution in [2.24, 2.45) is 0 Å². The van der Waals surface area contributed by atoms with Gasteiger partial charge in [-0.2, -0.15) is 0 Å². The van der Waals surface area contributed by atoms with Crippen molar-refractivity contribution in [3.63, 3.8) is 0 Å². The molecule has 0 unspecified atom stereocenters. The van der Waals surface area contributed by atoms with Crippen molar-refractivity contribution in [1.82, 2.24) is 10.3 Å². The van der Waals surface area contributed by atoms with Gasteiger partial charge in [-0.1, -0.05) is 24.3 Å². The van der Waals surface area contributed by atoms with Crippen LogP contribution >= 0.6 is 0 Å². The van der Waals surface area contributed by atoms with Crippen LogP contribution in [0.25, 0.3) is 0 Å².